The Morgan fingerprint density at radius 3 is 2.45 bits per heavy atom. The first-order valence-corrected chi connectivity index (χ1v) is 9.88. The Kier molecular flexibility index (Phi) is 6.80. The molecule has 0 saturated carbocycles. The first-order valence-electron chi connectivity index (χ1n) is 9.50. The molecule has 0 saturated heterocycles. The van der Waals surface area contributed by atoms with E-state index in [0.717, 1.165) is 0 Å². The van der Waals surface area contributed by atoms with Gasteiger partial charge in [0.2, 0.25) is 5.91 Å². The maximum Gasteiger partial charge on any atom is 0.387 e. The van der Waals surface area contributed by atoms with Crippen LogP contribution in [0.3, 0.4) is 0 Å². The highest BCUT2D eigenvalue weighted by atomic mass is 35.5. The van der Waals surface area contributed by atoms with E-state index in [1.54, 1.807) is 19.1 Å². The van der Waals surface area contributed by atoms with Crippen molar-refractivity contribution in [3.8, 4) is 11.5 Å². The highest BCUT2D eigenvalue weighted by Crippen LogP contribution is 2.35. The number of halogens is 3. The Morgan fingerprint density at radius 1 is 1.19 bits per heavy atom. The summed E-state index contributed by atoms with van der Waals surface area (Å²) in [5.41, 5.74) is 2.02. The first-order chi connectivity index (χ1) is 14.8. The van der Waals surface area contributed by atoms with Gasteiger partial charge in [-0.25, -0.2) is 0 Å². The highest BCUT2D eigenvalue weighted by Gasteiger charge is 2.23. The van der Waals surface area contributed by atoms with E-state index in [4.69, 9.17) is 16.3 Å². The van der Waals surface area contributed by atoms with Gasteiger partial charge >= 0.3 is 6.61 Å². The zero-order chi connectivity index (χ0) is 22.7. The number of fused-ring (bicyclic) bond motifs is 1. The average Bonchev–Trinajstić information content (AvgIpc) is 2.97. The quantitative estimate of drug-likeness (QED) is 0.572. The number of likely N-dealkylation sites (N-methyl/N-ethyl adjacent to an activating group) is 1. The van der Waals surface area contributed by atoms with E-state index in [2.05, 4.69) is 10.1 Å². The minimum Gasteiger partial charge on any atom is -0.495 e. The number of ether oxygens (including phenoxy) is 2. The molecule has 3 rings (SSSR count). The minimum absolute atomic E-state index is 0.0506. The number of hydrogen-bond acceptors (Lipinski definition) is 4. The summed E-state index contributed by atoms with van der Waals surface area (Å²) in [5, 5.41) is 3.73. The third-order valence-electron chi connectivity index (χ3n) is 4.85. The van der Waals surface area contributed by atoms with Gasteiger partial charge in [0, 0.05) is 23.2 Å². The number of nitrogens with one attached hydrogen (secondary N) is 1. The SMILES string of the molecule is CCNC(=O)Cc1c(C)n(C(=O)c2ccc(OC(F)F)cc2)c2cc(Cl)c(OC)cc12. The van der Waals surface area contributed by atoms with Gasteiger partial charge < -0.3 is 14.8 Å². The second-order valence-electron chi connectivity index (χ2n) is 6.74. The molecular weight excluding hydrogens is 430 g/mol. The normalized spacial score (nSPS) is 11.1. The fourth-order valence-electron chi connectivity index (χ4n) is 3.45. The average molecular weight is 451 g/mol. The van der Waals surface area contributed by atoms with Crippen molar-refractivity contribution in [1.82, 2.24) is 9.88 Å². The van der Waals surface area contributed by atoms with Gasteiger partial charge in [0.25, 0.3) is 5.91 Å². The van der Waals surface area contributed by atoms with E-state index >= 15 is 0 Å². The van der Waals surface area contributed by atoms with Crippen molar-refractivity contribution < 1.29 is 27.8 Å². The van der Waals surface area contributed by atoms with Gasteiger partial charge in [-0.05, 0) is 55.8 Å². The van der Waals surface area contributed by atoms with E-state index in [1.165, 1.54) is 35.9 Å². The van der Waals surface area contributed by atoms with Gasteiger partial charge in [-0.2, -0.15) is 8.78 Å². The van der Waals surface area contributed by atoms with Gasteiger partial charge in [-0.1, -0.05) is 11.6 Å². The number of carbonyl (C=O) groups is 2. The summed E-state index contributed by atoms with van der Waals surface area (Å²) in [6.07, 6.45) is 0.0718. The van der Waals surface area contributed by atoms with Crippen molar-refractivity contribution in [3.05, 3.63) is 58.2 Å². The van der Waals surface area contributed by atoms with Crippen molar-refractivity contribution in [3.63, 3.8) is 0 Å². The van der Waals surface area contributed by atoms with Crippen LogP contribution in [0.2, 0.25) is 5.02 Å². The summed E-state index contributed by atoms with van der Waals surface area (Å²) in [6.45, 7) is 1.09. The summed E-state index contributed by atoms with van der Waals surface area (Å²) in [4.78, 5) is 25.6. The monoisotopic (exact) mass is 450 g/mol. The Bertz CT molecular complexity index is 1130. The third-order valence-corrected chi connectivity index (χ3v) is 5.14. The molecule has 0 atom stereocenters. The van der Waals surface area contributed by atoms with Crippen molar-refractivity contribution in [2.24, 2.45) is 0 Å². The number of alkyl halides is 2. The van der Waals surface area contributed by atoms with E-state index in [1.807, 2.05) is 6.92 Å². The van der Waals surface area contributed by atoms with Crippen LogP contribution in [0.15, 0.2) is 36.4 Å². The van der Waals surface area contributed by atoms with Crippen molar-refractivity contribution in [2.75, 3.05) is 13.7 Å². The summed E-state index contributed by atoms with van der Waals surface area (Å²) in [6, 6.07) is 8.70. The number of methoxy groups -OCH3 is 1. The predicted molar refractivity (Wildman–Crippen MR) is 113 cm³/mol. The molecule has 0 unspecified atom stereocenters. The number of nitrogens with zero attached hydrogens (tertiary/aromatic N) is 1. The Balaban J connectivity index is 2.12. The molecule has 0 aliphatic heterocycles. The fraction of sp³-hybridized carbons (Fsp3) is 0.273. The molecule has 1 heterocycles. The molecular formula is C22H21ClF2N2O4. The van der Waals surface area contributed by atoms with Crippen LogP contribution in [0, 0.1) is 6.92 Å². The third kappa shape index (κ3) is 4.64. The maximum absolute atomic E-state index is 13.3. The van der Waals surface area contributed by atoms with E-state index in [-0.39, 0.29) is 23.6 Å². The molecule has 1 amide bonds. The van der Waals surface area contributed by atoms with Gasteiger partial charge in [0.1, 0.15) is 11.5 Å². The van der Waals surface area contributed by atoms with Crippen LogP contribution in [0.4, 0.5) is 8.78 Å². The number of carbonyl (C=O) groups excluding carboxylic acids is 2. The Morgan fingerprint density at radius 2 is 1.87 bits per heavy atom. The second kappa shape index (κ2) is 9.34. The van der Waals surface area contributed by atoms with Gasteiger partial charge in [0.05, 0.1) is 24.1 Å². The molecule has 0 fully saturated rings. The predicted octanol–water partition coefficient (Wildman–Crippen LogP) is 4.58. The zero-order valence-corrected chi connectivity index (χ0v) is 17.9. The number of hydrogen-bond donors (Lipinski definition) is 1. The van der Waals surface area contributed by atoms with Gasteiger partial charge in [0.15, 0.2) is 0 Å². The van der Waals surface area contributed by atoms with E-state index < -0.39 is 12.5 Å². The molecule has 0 aliphatic carbocycles. The van der Waals surface area contributed by atoms with Crippen LogP contribution in [0.5, 0.6) is 11.5 Å². The van der Waals surface area contributed by atoms with Crippen molar-refractivity contribution in [2.45, 2.75) is 26.9 Å². The van der Waals surface area contributed by atoms with Crippen LogP contribution in [-0.2, 0) is 11.2 Å². The highest BCUT2D eigenvalue weighted by molar-refractivity contribution is 6.33. The fourth-order valence-corrected chi connectivity index (χ4v) is 3.68. The number of aromatic nitrogens is 1. The van der Waals surface area contributed by atoms with Crippen LogP contribution < -0.4 is 14.8 Å². The minimum atomic E-state index is -2.95. The smallest absolute Gasteiger partial charge is 0.387 e. The molecule has 164 valence electrons. The van der Waals surface area contributed by atoms with Crippen LogP contribution in [-0.4, -0.2) is 36.6 Å². The Hall–Kier alpha value is -3.13. The molecule has 2 aromatic carbocycles. The van der Waals surface area contributed by atoms with E-state index in [0.29, 0.717) is 39.5 Å². The molecule has 0 radical (unpaired) electrons. The lowest BCUT2D eigenvalue weighted by Crippen LogP contribution is -2.24. The standard InChI is InChI=1S/C22H21ClF2N2O4/c1-4-26-20(28)10-15-12(2)27(18-11-17(23)19(30-3)9-16(15)18)21(29)13-5-7-14(8-6-13)31-22(24)25/h5-9,11,22H,4,10H2,1-3H3,(H,26,28). The molecule has 6 nitrogen and oxygen atoms in total. The zero-order valence-electron chi connectivity index (χ0n) is 17.2. The van der Waals surface area contributed by atoms with Crippen LogP contribution in [0.1, 0.15) is 28.5 Å². The summed E-state index contributed by atoms with van der Waals surface area (Å²) in [5.74, 6) is -0.205. The molecule has 1 N–H and O–H groups in total. The molecule has 31 heavy (non-hydrogen) atoms. The second-order valence-corrected chi connectivity index (χ2v) is 7.15. The number of rotatable bonds is 7. The lowest BCUT2D eigenvalue weighted by Gasteiger charge is -2.10. The molecule has 3 aromatic rings. The lowest BCUT2D eigenvalue weighted by atomic mass is 10.1. The Labute approximate surface area is 182 Å². The first kappa shape index (κ1) is 22.6. The van der Waals surface area contributed by atoms with Crippen LogP contribution >= 0.6 is 11.6 Å². The topological polar surface area (TPSA) is 69.6 Å². The summed E-state index contributed by atoms with van der Waals surface area (Å²) in [7, 11) is 1.48. The van der Waals surface area contributed by atoms with E-state index in [9.17, 15) is 18.4 Å². The van der Waals surface area contributed by atoms with Gasteiger partial charge in [-0.3, -0.25) is 14.2 Å². The molecule has 0 aliphatic rings. The molecule has 9 heteroatoms. The number of benzene rings is 2. The van der Waals surface area contributed by atoms with Crippen molar-refractivity contribution >= 4 is 34.3 Å². The molecule has 1 aromatic heterocycles. The van der Waals surface area contributed by atoms with Crippen LogP contribution in [0.25, 0.3) is 10.9 Å². The lowest BCUT2D eigenvalue weighted by molar-refractivity contribution is -0.120. The summed E-state index contributed by atoms with van der Waals surface area (Å²) >= 11 is 6.30. The maximum atomic E-state index is 13.3. The summed E-state index contributed by atoms with van der Waals surface area (Å²) < 4.78 is 35.9. The number of amides is 1. The van der Waals surface area contributed by atoms with Crippen molar-refractivity contribution in [1.29, 1.82) is 0 Å². The molecule has 0 spiro atoms. The molecule has 0 bridgehead atoms. The largest absolute Gasteiger partial charge is 0.495 e. The van der Waals surface area contributed by atoms with Gasteiger partial charge in [-0.15, -0.1) is 0 Å².